The maximum absolute atomic E-state index is 11.3. The lowest BCUT2D eigenvalue weighted by Crippen LogP contribution is -2.18. The first-order valence-corrected chi connectivity index (χ1v) is 5.18. The van der Waals surface area contributed by atoms with E-state index in [0.717, 1.165) is 0 Å². The van der Waals surface area contributed by atoms with Crippen LogP contribution >= 0.6 is 0 Å². The van der Waals surface area contributed by atoms with Crippen LogP contribution in [0.2, 0.25) is 0 Å². The minimum absolute atomic E-state index is 0.0625. The Morgan fingerprint density at radius 3 is 2.50 bits per heavy atom. The Morgan fingerprint density at radius 2 is 1.88 bits per heavy atom. The quantitative estimate of drug-likeness (QED) is 0.605. The van der Waals surface area contributed by atoms with Crippen LogP contribution in [0.4, 0.5) is 0 Å². The first kappa shape index (κ1) is 12.2. The third-order valence-corrected chi connectivity index (χ3v) is 2.04. The SMILES string of the molecule is CNC(=O)CCCC(=O)Oc1ccccc1. The van der Waals surface area contributed by atoms with Crippen molar-refractivity contribution in [3.63, 3.8) is 0 Å². The molecule has 4 nitrogen and oxygen atoms in total. The van der Waals surface area contributed by atoms with E-state index in [4.69, 9.17) is 4.74 Å². The summed E-state index contributed by atoms with van der Waals surface area (Å²) in [6, 6.07) is 8.89. The van der Waals surface area contributed by atoms with E-state index in [-0.39, 0.29) is 18.3 Å². The molecular formula is C12H15NO3. The van der Waals surface area contributed by atoms with Gasteiger partial charge >= 0.3 is 5.97 Å². The molecule has 16 heavy (non-hydrogen) atoms. The van der Waals surface area contributed by atoms with Gasteiger partial charge in [0.2, 0.25) is 5.91 Å². The Labute approximate surface area is 94.6 Å². The number of rotatable bonds is 5. The lowest BCUT2D eigenvalue weighted by molar-refractivity contribution is -0.134. The van der Waals surface area contributed by atoms with Gasteiger partial charge in [-0.3, -0.25) is 9.59 Å². The molecule has 1 aromatic rings. The molecule has 0 fully saturated rings. The van der Waals surface area contributed by atoms with Gasteiger partial charge in [0.05, 0.1) is 0 Å². The molecule has 0 bridgehead atoms. The van der Waals surface area contributed by atoms with Gasteiger partial charge in [-0.2, -0.15) is 0 Å². The number of ether oxygens (including phenoxy) is 1. The fourth-order valence-corrected chi connectivity index (χ4v) is 1.19. The van der Waals surface area contributed by atoms with E-state index in [2.05, 4.69) is 5.32 Å². The van der Waals surface area contributed by atoms with Crippen LogP contribution in [0.1, 0.15) is 19.3 Å². The minimum atomic E-state index is -0.310. The van der Waals surface area contributed by atoms with Gasteiger partial charge in [-0.05, 0) is 18.6 Å². The van der Waals surface area contributed by atoms with E-state index in [1.54, 1.807) is 31.3 Å². The number of hydrogen-bond acceptors (Lipinski definition) is 3. The molecule has 0 unspecified atom stereocenters. The number of para-hydroxylation sites is 1. The number of carbonyl (C=O) groups excluding carboxylic acids is 2. The van der Waals surface area contributed by atoms with Crippen molar-refractivity contribution in [3.05, 3.63) is 30.3 Å². The predicted molar refractivity (Wildman–Crippen MR) is 60.0 cm³/mol. The van der Waals surface area contributed by atoms with Gasteiger partial charge in [0.25, 0.3) is 0 Å². The number of hydrogen-bond donors (Lipinski definition) is 1. The molecule has 0 saturated carbocycles. The van der Waals surface area contributed by atoms with Crippen molar-refractivity contribution in [2.24, 2.45) is 0 Å². The highest BCUT2D eigenvalue weighted by molar-refractivity contribution is 5.77. The minimum Gasteiger partial charge on any atom is -0.427 e. The van der Waals surface area contributed by atoms with Crippen LogP contribution in [0.5, 0.6) is 5.75 Å². The van der Waals surface area contributed by atoms with E-state index < -0.39 is 0 Å². The molecule has 4 heteroatoms. The highest BCUT2D eigenvalue weighted by Crippen LogP contribution is 2.10. The highest BCUT2D eigenvalue weighted by atomic mass is 16.5. The number of carbonyl (C=O) groups is 2. The largest absolute Gasteiger partial charge is 0.427 e. The maximum atomic E-state index is 11.3. The van der Waals surface area contributed by atoms with Crippen molar-refractivity contribution < 1.29 is 14.3 Å². The van der Waals surface area contributed by atoms with Crippen molar-refractivity contribution in [1.82, 2.24) is 5.32 Å². The summed E-state index contributed by atoms with van der Waals surface area (Å²) < 4.78 is 5.06. The normalized spacial score (nSPS) is 9.56. The molecule has 0 spiro atoms. The van der Waals surface area contributed by atoms with Crippen LogP contribution in [0.15, 0.2) is 30.3 Å². The van der Waals surface area contributed by atoms with E-state index in [1.165, 1.54) is 0 Å². The first-order chi connectivity index (χ1) is 7.72. The van der Waals surface area contributed by atoms with Crippen molar-refractivity contribution >= 4 is 11.9 Å². The van der Waals surface area contributed by atoms with Gasteiger partial charge in [-0.1, -0.05) is 18.2 Å². The Bertz CT molecular complexity index is 349. The molecule has 0 aliphatic rings. The van der Waals surface area contributed by atoms with Gasteiger partial charge in [-0.25, -0.2) is 0 Å². The first-order valence-electron chi connectivity index (χ1n) is 5.18. The van der Waals surface area contributed by atoms with Crippen LogP contribution in [-0.4, -0.2) is 18.9 Å². The molecule has 1 amide bonds. The van der Waals surface area contributed by atoms with Crippen molar-refractivity contribution in [1.29, 1.82) is 0 Å². The zero-order valence-corrected chi connectivity index (χ0v) is 9.23. The molecule has 1 rings (SSSR count). The molecule has 0 heterocycles. The van der Waals surface area contributed by atoms with Crippen LogP contribution in [0.25, 0.3) is 0 Å². The molecule has 1 aromatic carbocycles. The van der Waals surface area contributed by atoms with E-state index in [0.29, 0.717) is 18.6 Å². The summed E-state index contributed by atoms with van der Waals surface area (Å²) in [7, 11) is 1.57. The van der Waals surface area contributed by atoms with Gasteiger partial charge < -0.3 is 10.1 Å². The second-order valence-electron chi connectivity index (χ2n) is 3.31. The lowest BCUT2D eigenvalue weighted by atomic mass is 10.2. The highest BCUT2D eigenvalue weighted by Gasteiger charge is 2.05. The molecular weight excluding hydrogens is 206 g/mol. The van der Waals surface area contributed by atoms with Gasteiger partial charge in [0.1, 0.15) is 5.75 Å². The smallest absolute Gasteiger partial charge is 0.311 e. The zero-order chi connectivity index (χ0) is 11.8. The Kier molecular flexibility index (Phi) is 5.05. The molecule has 0 aliphatic carbocycles. The van der Waals surface area contributed by atoms with Crippen molar-refractivity contribution in [2.75, 3.05) is 7.05 Å². The summed E-state index contributed by atoms with van der Waals surface area (Å²) in [5.74, 6) is 0.162. The van der Waals surface area contributed by atoms with Crippen molar-refractivity contribution in [3.8, 4) is 5.75 Å². The van der Waals surface area contributed by atoms with E-state index in [9.17, 15) is 9.59 Å². The Morgan fingerprint density at radius 1 is 1.19 bits per heavy atom. The fourth-order valence-electron chi connectivity index (χ4n) is 1.19. The summed E-state index contributed by atoms with van der Waals surface area (Å²) in [6.07, 6.45) is 1.11. The zero-order valence-electron chi connectivity index (χ0n) is 9.23. The maximum Gasteiger partial charge on any atom is 0.311 e. The monoisotopic (exact) mass is 221 g/mol. The van der Waals surface area contributed by atoms with Crippen LogP contribution in [0, 0.1) is 0 Å². The Hall–Kier alpha value is -1.84. The average molecular weight is 221 g/mol. The Balaban J connectivity index is 2.24. The third kappa shape index (κ3) is 4.59. The third-order valence-electron chi connectivity index (χ3n) is 2.04. The topological polar surface area (TPSA) is 55.4 Å². The average Bonchev–Trinajstić information content (AvgIpc) is 2.30. The summed E-state index contributed by atoms with van der Waals surface area (Å²) >= 11 is 0. The number of benzene rings is 1. The standard InChI is InChI=1S/C12H15NO3/c1-13-11(14)8-5-9-12(15)16-10-6-3-2-4-7-10/h2-4,6-7H,5,8-9H2,1H3,(H,13,14). The number of amides is 1. The van der Waals surface area contributed by atoms with Crippen LogP contribution in [-0.2, 0) is 9.59 Å². The molecule has 86 valence electrons. The molecule has 0 aromatic heterocycles. The summed E-state index contributed by atoms with van der Waals surface area (Å²) in [6.45, 7) is 0. The molecule has 0 saturated heterocycles. The van der Waals surface area contributed by atoms with Crippen LogP contribution in [0.3, 0.4) is 0 Å². The molecule has 0 atom stereocenters. The molecule has 0 radical (unpaired) electrons. The number of nitrogens with one attached hydrogen (secondary N) is 1. The van der Waals surface area contributed by atoms with Gasteiger partial charge in [0, 0.05) is 19.9 Å². The van der Waals surface area contributed by atoms with Gasteiger partial charge in [-0.15, -0.1) is 0 Å². The summed E-state index contributed by atoms with van der Waals surface area (Å²) in [4.78, 5) is 22.2. The fraction of sp³-hybridized carbons (Fsp3) is 0.333. The second kappa shape index (κ2) is 6.61. The van der Waals surface area contributed by atoms with Crippen LogP contribution < -0.4 is 10.1 Å². The number of esters is 1. The summed E-state index contributed by atoms with van der Waals surface area (Å²) in [5, 5.41) is 2.50. The lowest BCUT2D eigenvalue weighted by Gasteiger charge is -2.03. The summed E-state index contributed by atoms with van der Waals surface area (Å²) in [5.41, 5.74) is 0. The second-order valence-corrected chi connectivity index (χ2v) is 3.31. The predicted octanol–water partition coefficient (Wildman–Crippen LogP) is 1.51. The van der Waals surface area contributed by atoms with Gasteiger partial charge in [0.15, 0.2) is 0 Å². The van der Waals surface area contributed by atoms with E-state index in [1.807, 2.05) is 6.07 Å². The molecule has 1 N–H and O–H groups in total. The van der Waals surface area contributed by atoms with Crippen molar-refractivity contribution in [2.45, 2.75) is 19.3 Å². The van der Waals surface area contributed by atoms with E-state index >= 15 is 0 Å². The molecule has 0 aliphatic heterocycles.